The standard InChI is InChI=1S/C23H31N3O4S/c1-25-13-10-18-14-17(6-8-20(18)25)21(26-11-4-5-12-26)16-24-31(27,28)23-9-7-19(29-2)15-22(23)30-3/h6-9,14-15,21,24H,4-5,10-13,16H2,1-3H3/t21-/m0/s1. The molecule has 1 N–H and O–H groups in total. The number of rotatable bonds is 8. The Morgan fingerprint density at radius 2 is 1.81 bits per heavy atom. The first-order valence-electron chi connectivity index (χ1n) is 10.7. The number of methoxy groups -OCH3 is 2. The van der Waals surface area contributed by atoms with Gasteiger partial charge in [0.25, 0.3) is 0 Å². The Morgan fingerprint density at radius 1 is 1.03 bits per heavy atom. The van der Waals surface area contributed by atoms with Crippen molar-refractivity contribution >= 4 is 15.7 Å². The van der Waals surface area contributed by atoms with Crippen molar-refractivity contribution in [2.75, 3.05) is 52.3 Å². The van der Waals surface area contributed by atoms with Crippen molar-refractivity contribution in [3.8, 4) is 11.5 Å². The molecule has 0 radical (unpaired) electrons. The van der Waals surface area contributed by atoms with E-state index in [1.54, 1.807) is 12.1 Å². The van der Waals surface area contributed by atoms with Crippen molar-refractivity contribution in [1.82, 2.24) is 9.62 Å². The summed E-state index contributed by atoms with van der Waals surface area (Å²) in [5.74, 6) is 0.819. The van der Waals surface area contributed by atoms with Gasteiger partial charge in [0.1, 0.15) is 16.4 Å². The highest BCUT2D eigenvalue weighted by Crippen LogP contribution is 2.33. The van der Waals surface area contributed by atoms with Gasteiger partial charge >= 0.3 is 0 Å². The number of benzene rings is 2. The smallest absolute Gasteiger partial charge is 0.244 e. The van der Waals surface area contributed by atoms with Crippen LogP contribution in [0.5, 0.6) is 11.5 Å². The maximum atomic E-state index is 13.1. The predicted octanol–water partition coefficient (Wildman–Crippen LogP) is 2.81. The summed E-state index contributed by atoms with van der Waals surface area (Å²) in [6.45, 7) is 3.30. The lowest BCUT2D eigenvalue weighted by atomic mass is 10.0. The third kappa shape index (κ3) is 4.51. The van der Waals surface area contributed by atoms with Crippen LogP contribution < -0.4 is 19.1 Å². The third-order valence-electron chi connectivity index (χ3n) is 6.32. The molecule has 7 nitrogen and oxygen atoms in total. The largest absolute Gasteiger partial charge is 0.497 e. The van der Waals surface area contributed by atoms with E-state index in [9.17, 15) is 8.42 Å². The average molecular weight is 446 g/mol. The molecule has 1 saturated heterocycles. The Hall–Kier alpha value is -2.29. The average Bonchev–Trinajstić information content (AvgIpc) is 3.43. The molecule has 2 heterocycles. The lowest BCUT2D eigenvalue weighted by Crippen LogP contribution is -2.37. The van der Waals surface area contributed by atoms with Crippen molar-refractivity contribution in [2.24, 2.45) is 0 Å². The number of hydrogen-bond acceptors (Lipinski definition) is 6. The number of likely N-dealkylation sites (tertiary alicyclic amines) is 1. The molecule has 1 fully saturated rings. The Labute approximate surface area is 185 Å². The molecule has 0 saturated carbocycles. The SMILES string of the molecule is COc1ccc(S(=O)(=O)NC[C@@H](c2ccc3c(c2)CCN3C)N2CCCC2)c(OC)c1. The fraction of sp³-hybridized carbons (Fsp3) is 0.478. The molecule has 0 aliphatic carbocycles. The number of fused-ring (bicyclic) bond motifs is 1. The summed E-state index contributed by atoms with van der Waals surface area (Å²) in [7, 11) is 1.36. The normalized spacial score (nSPS) is 17.6. The highest BCUT2D eigenvalue weighted by Gasteiger charge is 2.28. The molecule has 31 heavy (non-hydrogen) atoms. The van der Waals surface area contributed by atoms with Crippen molar-refractivity contribution in [3.63, 3.8) is 0 Å². The fourth-order valence-electron chi connectivity index (χ4n) is 4.57. The van der Waals surface area contributed by atoms with Crippen molar-refractivity contribution in [2.45, 2.75) is 30.2 Å². The van der Waals surface area contributed by atoms with Gasteiger partial charge < -0.3 is 14.4 Å². The number of nitrogens with one attached hydrogen (secondary N) is 1. The molecule has 0 aromatic heterocycles. The van der Waals surface area contributed by atoms with Crippen molar-refractivity contribution in [1.29, 1.82) is 0 Å². The van der Waals surface area contributed by atoms with Crippen LogP contribution >= 0.6 is 0 Å². The number of anilines is 1. The molecule has 8 heteroatoms. The van der Waals surface area contributed by atoms with Gasteiger partial charge in [-0.15, -0.1) is 0 Å². The van der Waals surface area contributed by atoms with Gasteiger partial charge in [0.2, 0.25) is 10.0 Å². The van der Waals surface area contributed by atoms with Gasteiger partial charge in [-0.1, -0.05) is 12.1 Å². The number of nitrogens with zero attached hydrogens (tertiary/aromatic N) is 2. The summed E-state index contributed by atoms with van der Waals surface area (Å²) in [6.07, 6.45) is 3.31. The minimum atomic E-state index is -3.75. The van der Waals surface area contributed by atoms with E-state index in [-0.39, 0.29) is 16.7 Å². The van der Waals surface area contributed by atoms with E-state index in [2.05, 4.69) is 39.8 Å². The topological polar surface area (TPSA) is 71.1 Å². The quantitative estimate of drug-likeness (QED) is 0.674. The molecule has 168 valence electrons. The van der Waals surface area contributed by atoms with E-state index in [1.165, 1.54) is 37.1 Å². The van der Waals surface area contributed by atoms with Gasteiger partial charge in [0.05, 0.1) is 14.2 Å². The Bertz CT molecular complexity index is 1040. The number of sulfonamides is 1. The molecule has 2 aliphatic heterocycles. The first-order chi connectivity index (χ1) is 14.9. The maximum Gasteiger partial charge on any atom is 0.244 e. The zero-order valence-corrected chi connectivity index (χ0v) is 19.2. The van der Waals surface area contributed by atoms with Gasteiger partial charge in [-0.2, -0.15) is 0 Å². The molecular formula is C23H31N3O4S. The van der Waals surface area contributed by atoms with Crippen LogP contribution in [0.3, 0.4) is 0 Å². The summed E-state index contributed by atoms with van der Waals surface area (Å²) in [5, 5.41) is 0. The van der Waals surface area contributed by atoms with Crippen LogP contribution in [0.25, 0.3) is 0 Å². The molecule has 2 aromatic rings. The molecule has 2 aromatic carbocycles. The van der Waals surface area contributed by atoms with Crippen LogP contribution in [0.1, 0.15) is 30.0 Å². The predicted molar refractivity (Wildman–Crippen MR) is 122 cm³/mol. The highest BCUT2D eigenvalue weighted by atomic mass is 32.2. The van der Waals surface area contributed by atoms with E-state index in [0.717, 1.165) is 38.9 Å². The van der Waals surface area contributed by atoms with Crippen LogP contribution in [0.4, 0.5) is 5.69 Å². The van der Waals surface area contributed by atoms with Crippen LogP contribution in [0.15, 0.2) is 41.3 Å². The van der Waals surface area contributed by atoms with Gasteiger partial charge in [-0.3, -0.25) is 4.90 Å². The molecule has 0 unspecified atom stereocenters. The minimum Gasteiger partial charge on any atom is -0.497 e. The Balaban J connectivity index is 1.58. The van der Waals surface area contributed by atoms with Gasteiger partial charge in [0, 0.05) is 37.9 Å². The number of ether oxygens (including phenoxy) is 2. The van der Waals surface area contributed by atoms with Crippen LogP contribution in [0.2, 0.25) is 0 Å². The lowest BCUT2D eigenvalue weighted by Gasteiger charge is -2.29. The highest BCUT2D eigenvalue weighted by molar-refractivity contribution is 7.89. The molecular weight excluding hydrogens is 414 g/mol. The second-order valence-electron chi connectivity index (χ2n) is 8.19. The summed E-state index contributed by atoms with van der Waals surface area (Å²) < 4.78 is 39.6. The van der Waals surface area contributed by atoms with Crippen molar-refractivity contribution in [3.05, 3.63) is 47.5 Å². The van der Waals surface area contributed by atoms with E-state index >= 15 is 0 Å². The lowest BCUT2D eigenvalue weighted by molar-refractivity contribution is 0.246. The summed E-state index contributed by atoms with van der Waals surface area (Å²) >= 11 is 0. The van der Waals surface area contributed by atoms with Crippen LogP contribution in [-0.2, 0) is 16.4 Å². The van der Waals surface area contributed by atoms with Crippen LogP contribution in [0, 0.1) is 0 Å². The fourth-order valence-corrected chi connectivity index (χ4v) is 5.76. The third-order valence-corrected chi connectivity index (χ3v) is 7.79. The van der Waals surface area contributed by atoms with E-state index in [0.29, 0.717) is 12.3 Å². The van der Waals surface area contributed by atoms with Crippen molar-refractivity contribution < 1.29 is 17.9 Å². The van der Waals surface area contributed by atoms with E-state index < -0.39 is 10.0 Å². The maximum absolute atomic E-state index is 13.1. The molecule has 2 aliphatic rings. The number of likely N-dealkylation sites (N-methyl/N-ethyl adjacent to an activating group) is 1. The zero-order chi connectivity index (χ0) is 22.0. The van der Waals surface area contributed by atoms with Gasteiger partial charge in [-0.25, -0.2) is 13.1 Å². The van der Waals surface area contributed by atoms with Gasteiger partial charge in [0.15, 0.2) is 0 Å². The van der Waals surface area contributed by atoms with Gasteiger partial charge in [-0.05, 0) is 61.7 Å². The first kappa shape index (κ1) is 21.9. The molecule has 0 spiro atoms. The summed E-state index contributed by atoms with van der Waals surface area (Å²) in [4.78, 5) is 4.77. The minimum absolute atomic E-state index is 0.00211. The first-order valence-corrected chi connectivity index (χ1v) is 12.2. The molecule has 0 bridgehead atoms. The second kappa shape index (κ2) is 9.06. The summed E-state index contributed by atoms with van der Waals surface area (Å²) in [5.41, 5.74) is 3.77. The van der Waals surface area contributed by atoms with E-state index in [4.69, 9.17) is 9.47 Å². The molecule has 0 amide bonds. The second-order valence-corrected chi connectivity index (χ2v) is 9.92. The van der Waals surface area contributed by atoms with Crippen LogP contribution in [-0.4, -0.2) is 60.8 Å². The zero-order valence-electron chi connectivity index (χ0n) is 18.4. The Morgan fingerprint density at radius 3 is 2.52 bits per heavy atom. The summed E-state index contributed by atoms with van der Waals surface area (Å²) in [6, 6.07) is 11.3. The monoisotopic (exact) mass is 445 g/mol. The van der Waals surface area contributed by atoms with E-state index in [1.807, 2.05) is 0 Å². The molecule has 4 rings (SSSR count). The number of hydrogen-bond donors (Lipinski definition) is 1. The Kier molecular flexibility index (Phi) is 6.41. The molecule has 1 atom stereocenters.